The number of nitrogens with one attached hydrogen (secondary N) is 1. The Morgan fingerprint density at radius 3 is 2.26 bits per heavy atom. The third kappa shape index (κ3) is 6.04. The maximum atomic E-state index is 12.5. The monoisotopic (exact) mass is 372 g/mol. The van der Waals surface area contributed by atoms with E-state index in [0.717, 1.165) is 51.4 Å². The van der Waals surface area contributed by atoms with Crippen LogP contribution in [0.1, 0.15) is 25.3 Å². The largest absolute Gasteiger partial charge is 0.341 e. The maximum Gasteiger partial charge on any atom is 0.238 e. The number of piperazine rings is 1. The number of carbonyl (C=O) groups is 2. The van der Waals surface area contributed by atoms with Gasteiger partial charge in [0.25, 0.3) is 0 Å². The highest BCUT2D eigenvalue weighted by Gasteiger charge is 2.25. The van der Waals surface area contributed by atoms with E-state index >= 15 is 0 Å². The second-order valence-electron chi connectivity index (χ2n) is 8.05. The average molecular weight is 373 g/mol. The van der Waals surface area contributed by atoms with E-state index in [1.54, 1.807) is 0 Å². The minimum Gasteiger partial charge on any atom is -0.341 e. The van der Waals surface area contributed by atoms with Gasteiger partial charge >= 0.3 is 0 Å². The third-order valence-electron chi connectivity index (χ3n) is 5.54. The van der Waals surface area contributed by atoms with Gasteiger partial charge in [-0.3, -0.25) is 19.4 Å². The van der Waals surface area contributed by atoms with Crippen molar-refractivity contribution in [3.63, 3.8) is 0 Å². The van der Waals surface area contributed by atoms with Gasteiger partial charge in [0.2, 0.25) is 11.8 Å². The Kier molecular flexibility index (Phi) is 6.85. The van der Waals surface area contributed by atoms with E-state index in [4.69, 9.17) is 0 Å². The van der Waals surface area contributed by atoms with Gasteiger partial charge in [0.1, 0.15) is 0 Å². The molecule has 0 aliphatic carbocycles. The normalized spacial score (nSPS) is 21.9. The minimum absolute atomic E-state index is 0.0192. The fourth-order valence-electron chi connectivity index (χ4n) is 3.85. The molecule has 2 aliphatic heterocycles. The number of piperidine rings is 1. The summed E-state index contributed by atoms with van der Waals surface area (Å²) in [6, 6.07) is 7.85. The molecule has 6 nitrogen and oxygen atoms in total. The summed E-state index contributed by atoms with van der Waals surface area (Å²) in [4.78, 5) is 31.1. The zero-order valence-corrected chi connectivity index (χ0v) is 16.6. The van der Waals surface area contributed by atoms with Gasteiger partial charge in [-0.2, -0.15) is 0 Å². The van der Waals surface area contributed by atoms with E-state index in [-0.39, 0.29) is 11.8 Å². The highest BCUT2D eigenvalue weighted by atomic mass is 16.2. The number of aryl methyl sites for hydroxylation is 1. The molecular formula is C21H32N4O2. The second kappa shape index (κ2) is 9.33. The number of nitrogens with zero attached hydrogens (tertiary/aromatic N) is 3. The molecule has 0 radical (unpaired) electrons. The Labute approximate surface area is 162 Å². The summed E-state index contributed by atoms with van der Waals surface area (Å²) in [6.45, 7) is 10.3. The predicted molar refractivity (Wildman–Crippen MR) is 108 cm³/mol. The first kappa shape index (κ1) is 19.8. The SMILES string of the molecule is Cc1ccc(NC(=O)CN2CCN(CC(=O)N3CCC[C@@H](C)C3)CC2)cc1. The Balaban J connectivity index is 1.37. The highest BCUT2D eigenvalue weighted by molar-refractivity contribution is 5.92. The lowest BCUT2D eigenvalue weighted by Gasteiger charge is -2.36. The molecule has 0 saturated carbocycles. The van der Waals surface area contributed by atoms with Crippen molar-refractivity contribution < 1.29 is 9.59 Å². The van der Waals surface area contributed by atoms with Crippen LogP contribution in [0.3, 0.4) is 0 Å². The fourth-order valence-corrected chi connectivity index (χ4v) is 3.85. The fraction of sp³-hybridized carbons (Fsp3) is 0.619. The van der Waals surface area contributed by atoms with Gasteiger partial charge < -0.3 is 10.2 Å². The number of carbonyl (C=O) groups excluding carboxylic acids is 2. The molecule has 2 aliphatic rings. The number of rotatable bonds is 5. The van der Waals surface area contributed by atoms with Gasteiger partial charge in [-0.15, -0.1) is 0 Å². The van der Waals surface area contributed by atoms with Gasteiger partial charge in [-0.25, -0.2) is 0 Å². The number of hydrogen-bond acceptors (Lipinski definition) is 4. The van der Waals surface area contributed by atoms with Gasteiger partial charge in [0.05, 0.1) is 13.1 Å². The van der Waals surface area contributed by atoms with E-state index in [0.29, 0.717) is 19.0 Å². The van der Waals surface area contributed by atoms with Crippen LogP contribution in [0.2, 0.25) is 0 Å². The Bertz CT molecular complexity index is 638. The molecule has 1 aromatic rings. The first-order valence-corrected chi connectivity index (χ1v) is 10.1. The number of benzene rings is 1. The average Bonchev–Trinajstić information content (AvgIpc) is 2.65. The summed E-state index contributed by atoms with van der Waals surface area (Å²) in [5.41, 5.74) is 2.02. The highest BCUT2D eigenvalue weighted by Crippen LogP contribution is 2.16. The van der Waals surface area contributed by atoms with Crippen LogP contribution in [0.25, 0.3) is 0 Å². The van der Waals surface area contributed by atoms with Crippen LogP contribution in [0.4, 0.5) is 5.69 Å². The van der Waals surface area contributed by atoms with Crippen molar-refractivity contribution in [2.24, 2.45) is 5.92 Å². The molecule has 1 N–H and O–H groups in total. The van der Waals surface area contributed by atoms with Crippen LogP contribution in [-0.2, 0) is 9.59 Å². The van der Waals surface area contributed by atoms with E-state index < -0.39 is 0 Å². The Morgan fingerprint density at radius 2 is 1.63 bits per heavy atom. The molecule has 1 atom stereocenters. The molecule has 27 heavy (non-hydrogen) atoms. The molecule has 0 spiro atoms. The standard InChI is InChI=1S/C21H32N4O2/c1-17-5-7-19(8-6-17)22-20(26)15-23-10-12-24(13-11-23)16-21(27)25-9-3-4-18(2)14-25/h5-8,18H,3-4,9-16H2,1-2H3,(H,22,26)/t18-/m1/s1. The number of hydrogen-bond donors (Lipinski definition) is 1. The van der Waals surface area contributed by atoms with E-state index in [2.05, 4.69) is 22.0 Å². The Hall–Kier alpha value is -1.92. The molecule has 2 saturated heterocycles. The van der Waals surface area contributed by atoms with Gasteiger partial charge in [0, 0.05) is 45.0 Å². The van der Waals surface area contributed by atoms with Crippen molar-refractivity contribution in [3.05, 3.63) is 29.8 Å². The molecule has 2 amide bonds. The van der Waals surface area contributed by atoms with Crippen LogP contribution in [0.5, 0.6) is 0 Å². The second-order valence-corrected chi connectivity index (χ2v) is 8.05. The molecule has 0 bridgehead atoms. The minimum atomic E-state index is 0.0192. The Morgan fingerprint density at radius 1 is 1.00 bits per heavy atom. The molecule has 0 unspecified atom stereocenters. The molecule has 2 fully saturated rings. The van der Waals surface area contributed by atoms with Crippen molar-refractivity contribution in [2.45, 2.75) is 26.7 Å². The van der Waals surface area contributed by atoms with Crippen LogP contribution in [0, 0.1) is 12.8 Å². The lowest BCUT2D eigenvalue weighted by Crippen LogP contribution is -2.52. The first-order chi connectivity index (χ1) is 13.0. The molecule has 0 aromatic heterocycles. The topological polar surface area (TPSA) is 55.9 Å². The molecule has 6 heteroatoms. The van der Waals surface area contributed by atoms with Crippen LogP contribution in [-0.4, -0.2) is 78.9 Å². The molecule has 2 heterocycles. The summed E-state index contributed by atoms with van der Waals surface area (Å²) in [7, 11) is 0. The third-order valence-corrected chi connectivity index (χ3v) is 5.54. The maximum absolute atomic E-state index is 12.5. The quantitative estimate of drug-likeness (QED) is 0.857. The first-order valence-electron chi connectivity index (χ1n) is 10.1. The predicted octanol–water partition coefficient (Wildman–Crippen LogP) is 1.81. The smallest absolute Gasteiger partial charge is 0.238 e. The number of amides is 2. The molecular weight excluding hydrogens is 340 g/mol. The summed E-state index contributed by atoms with van der Waals surface area (Å²) < 4.78 is 0. The molecule has 3 rings (SSSR count). The lowest BCUT2D eigenvalue weighted by molar-refractivity contribution is -0.134. The van der Waals surface area contributed by atoms with Crippen LogP contribution < -0.4 is 5.32 Å². The summed E-state index contributed by atoms with van der Waals surface area (Å²) in [5.74, 6) is 0.893. The van der Waals surface area contributed by atoms with Crippen molar-refractivity contribution in [3.8, 4) is 0 Å². The van der Waals surface area contributed by atoms with Crippen molar-refractivity contribution >= 4 is 17.5 Å². The lowest BCUT2D eigenvalue weighted by atomic mass is 10.0. The summed E-state index contributed by atoms with van der Waals surface area (Å²) in [5, 5.41) is 2.95. The van der Waals surface area contributed by atoms with Crippen molar-refractivity contribution in [2.75, 3.05) is 57.7 Å². The van der Waals surface area contributed by atoms with Gasteiger partial charge in [-0.05, 0) is 37.8 Å². The van der Waals surface area contributed by atoms with Crippen molar-refractivity contribution in [1.82, 2.24) is 14.7 Å². The van der Waals surface area contributed by atoms with Crippen LogP contribution in [0.15, 0.2) is 24.3 Å². The zero-order valence-electron chi connectivity index (χ0n) is 16.6. The zero-order chi connectivity index (χ0) is 19.2. The van der Waals surface area contributed by atoms with Crippen molar-refractivity contribution in [1.29, 1.82) is 0 Å². The van der Waals surface area contributed by atoms with E-state index in [1.165, 1.54) is 12.0 Å². The van der Waals surface area contributed by atoms with E-state index in [9.17, 15) is 9.59 Å². The van der Waals surface area contributed by atoms with Gasteiger partial charge in [0.15, 0.2) is 0 Å². The van der Waals surface area contributed by atoms with Crippen LogP contribution >= 0.6 is 0 Å². The summed E-state index contributed by atoms with van der Waals surface area (Å²) in [6.07, 6.45) is 2.35. The molecule has 148 valence electrons. The summed E-state index contributed by atoms with van der Waals surface area (Å²) >= 11 is 0. The van der Waals surface area contributed by atoms with E-state index in [1.807, 2.05) is 36.1 Å². The molecule has 1 aromatic carbocycles. The number of likely N-dealkylation sites (tertiary alicyclic amines) is 1. The number of anilines is 1. The van der Waals surface area contributed by atoms with Gasteiger partial charge in [-0.1, -0.05) is 24.6 Å².